The Morgan fingerprint density at radius 3 is 2.36 bits per heavy atom. The average Bonchev–Trinajstić information content (AvgIpc) is 3.00. The Balaban J connectivity index is 1.97. The molecule has 0 aromatic heterocycles. The molecule has 2 heteroatoms. The Morgan fingerprint density at radius 2 is 1.73 bits per heavy atom. The molecule has 1 saturated carbocycles. The summed E-state index contributed by atoms with van der Waals surface area (Å²) >= 11 is 0. The second kappa shape index (κ2) is 6.08. The number of dihydropyridines is 1. The van der Waals surface area contributed by atoms with Crippen LogP contribution >= 0.6 is 0 Å². The summed E-state index contributed by atoms with van der Waals surface area (Å²) in [5.41, 5.74) is 4.47. The second-order valence-electron chi connectivity index (χ2n) is 7.91. The lowest BCUT2D eigenvalue weighted by Crippen LogP contribution is -2.33. The van der Waals surface area contributed by atoms with Crippen LogP contribution in [0, 0.1) is 12.8 Å². The van der Waals surface area contributed by atoms with Gasteiger partial charge in [-0.25, -0.2) is 0 Å². The van der Waals surface area contributed by atoms with Crippen molar-refractivity contribution in [1.82, 2.24) is 5.32 Å². The lowest BCUT2D eigenvalue weighted by molar-refractivity contribution is 0.623. The van der Waals surface area contributed by atoms with Crippen LogP contribution in [0.15, 0.2) is 47.3 Å². The first-order valence-corrected chi connectivity index (χ1v) is 12.2. The van der Waals surface area contributed by atoms with Crippen LogP contribution in [0.4, 0.5) is 0 Å². The Kier molecular flexibility index (Phi) is 4.31. The largest absolute Gasteiger partial charge is 0.381 e. The summed E-state index contributed by atoms with van der Waals surface area (Å²) in [6.07, 6.45) is 10.5. The number of rotatable bonds is 3. The number of allylic oxidation sites excluding steroid dienone is 2. The fourth-order valence-corrected chi connectivity index (χ4v) is 5.60. The molecule has 0 bridgehead atoms. The van der Waals surface area contributed by atoms with Crippen LogP contribution in [0.3, 0.4) is 0 Å². The molecule has 1 fully saturated rings. The summed E-state index contributed by atoms with van der Waals surface area (Å²) < 4.78 is 0. The molecule has 0 amide bonds. The van der Waals surface area contributed by atoms with Crippen molar-refractivity contribution < 1.29 is 0 Å². The van der Waals surface area contributed by atoms with E-state index < -0.39 is 8.07 Å². The molecule has 1 aromatic rings. The standard InChI is InChI=1S/C20H29NSi/c1-15-9-5-8-12-17(15)19-13-18(16-10-6-7-11-16)20(14-21-19)22(2,3)4/h5,8-9,12-14,16,19,21H,6-7,10-11H2,1-4H3. The molecular weight excluding hydrogens is 282 g/mol. The molecule has 2 aliphatic rings. The molecular formula is C20H29NSi. The van der Waals surface area contributed by atoms with E-state index in [1.165, 1.54) is 36.8 Å². The average molecular weight is 312 g/mol. The van der Waals surface area contributed by atoms with Gasteiger partial charge in [0.05, 0.1) is 14.1 Å². The van der Waals surface area contributed by atoms with E-state index in [1.807, 2.05) is 0 Å². The summed E-state index contributed by atoms with van der Waals surface area (Å²) in [4.78, 5) is 0. The Bertz CT molecular complexity index is 600. The predicted octanol–water partition coefficient (Wildman–Crippen LogP) is 5.52. The number of benzene rings is 1. The number of hydrogen-bond donors (Lipinski definition) is 1. The van der Waals surface area contributed by atoms with E-state index in [0.717, 1.165) is 5.92 Å². The third-order valence-corrected chi connectivity index (χ3v) is 7.24. The molecule has 1 nitrogen and oxygen atoms in total. The minimum Gasteiger partial charge on any atom is -0.381 e. The molecule has 22 heavy (non-hydrogen) atoms. The predicted molar refractivity (Wildman–Crippen MR) is 98.5 cm³/mol. The quantitative estimate of drug-likeness (QED) is 0.725. The maximum Gasteiger partial charge on any atom is 0.0798 e. The fraction of sp³-hybridized carbons (Fsp3) is 0.500. The topological polar surface area (TPSA) is 12.0 Å². The summed E-state index contributed by atoms with van der Waals surface area (Å²) in [6, 6.07) is 9.12. The molecule has 0 radical (unpaired) electrons. The number of nitrogens with one attached hydrogen (secondary N) is 1. The first-order chi connectivity index (χ1) is 10.5. The highest BCUT2D eigenvalue weighted by Gasteiger charge is 2.32. The molecule has 1 aliphatic carbocycles. The number of hydrogen-bond acceptors (Lipinski definition) is 1. The normalized spacial score (nSPS) is 23.0. The molecule has 3 rings (SSSR count). The van der Waals surface area contributed by atoms with Crippen molar-refractivity contribution in [2.24, 2.45) is 5.92 Å². The van der Waals surface area contributed by atoms with E-state index in [1.54, 1.807) is 10.8 Å². The van der Waals surface area contributed by atoms with E-state index in [0.29, 0.717) is 6.04 Å². The van der Waals surface area contributed by atoms with Crippen LogP contribution in [0.1, 0.15) is 42.9 Å². The van der Waals surface area contributed by atoms with Gasteiger partial charge in [-0.1, -0.05) is 62.8 Å². The molecule has 1 unspecified atom stereocenters. The van der Waals surface area contributed by atoms with E-state index in [9.17, 15) is 0 Å². The van der Waals surface area contributed by atoms with Crippen molar-refractivity contribution in [3.63, 3.8) is 0 Å². The van der Waals surface area contributed by atoms with Gasteiger partial charge in [0, 0.05) is 0 Å². The molecule has 118 valence electrons. The highest BCUT2D eigenvalue weighted by atomic mass is 28.3. The van der Waals surface area contributed by atoms with Crippen molar-refractivity contribution in [2.75, 3.05) is 0 Å². The van der Waals surface area contributed by atoms with Crippen LogP contribution in [-0.4, -0.2) is 8.07 Å². The maximum atomic E-state index is 3.68. The third kappa shape index (κ3) is 3.07. The zero-order valence-corrected chi connectivity index (χ0v) is 15.4. The zero-order chi connectivity index (χ0) is 15.7. The van der Waals surface area contributed by atoms with Crippen molar-refractivity contribution >= 4 is 8.07 Å². The first-order valence-electron chi connectivity index (χ1n) is 8.71. The monoisotopic (exact) mass is 311 g/mol. The smallest absolute Gasteiger partial charge is 0.0798 e. The summed E-state index contributed by atoms with van der Waals surface area (Å²) in [7, 11) is -1.30. The summed E-state index contributed by atoms with van der Waals surface area (Å²) in [6.45, 7) is 9.63. The third-order valence-electron chi connectivity index (χ3n) is 5.19. The molecule has 0 spiro atoms. The molecule has 1 atom stereocenters. The van der Waals surface area contributed by atoms with Gasteiger partial charge in [-0.3, -0.25) is 0 Å². The minimum atomic E-state index is -1.30. The molecule has 1 heterocycles. The van der Waals surface area contributed by atoms with Gasteiger partial charge >= 0.3 is 0 Å². The lowest BCUT2D eigenvalue weighted by Gasteiger charge is -2.33. The van der Waals surface area contributed by atoms with Gasteiger partial charge in [0.2, 0.25) is 0 Å². The molecule has 1 N–H and O–H groups in total. The van der Waals surface area contributed by atoms with Gasteiger partial charge in [-0.2, -0.15) is 0 Å². The summed E-state index contributed by atoms with van der Waals surface area (Å²) in [5, 5.41) is 5.33. The summed E-state index contributed by atoms with van der Waals surface area (Å²) in [5.74, 6) is 0.798. The second-order valence-corrected chi connectivity index (χ2v) is 13.0. The Morgan fingerprint density at radius 1 is 1.05 bits per heavy atom. The number of aryl methyl sites for hydroxylation is 1. The highest BCUT2D eigenvalue weighted by molar-refractivity contribution is 6.84. The van der Waals surface area contributed by atoms with E-state index >= 15 is 0 Å². The highest BCUT2D eigenvalue weighted by Crippen LogP contribution is 2.40. The lowest BCUT2D eigenvalue weighted by atomic mass is 9.90. The SMILES string of the molecule is Cc1ccccc1C1C=C(C2CCCC2)C([Si](C)(C)C)=CN1. The van der Waals surface area contributed by atoms with Crippen molar-refractivity contribution in [2.45, 2.75) is 58.3 Å². The van der Waals surface area contributed by atoms with Gasteiger partial charge in [-0.15, -0.1) is 0 Å². The molecule has 1 aromatic carbocycles. The van der Waals surface area contributed by atoms with Crippen LogP contribution in [0.5, 0.6) is 0 Å². The van der Waals surface area contributed by atoms with Crippen LogP contribution in [-0.2, 0) is 0 Å². The van der Waals surface area contributed by atoms with Crippen LogP contribution < -0.4 is 5.32 Å². The fourth-order valence-electron chi connectivity index (χ4n) is 3.93. The van der Waals surface area contributed by atoms with Crippen molar-refractivity contribution in [3.8, 4) is 0 Å². The van der Waals surface area contributed by atoms with Crippen molar-refractivity contribution in [3.05, 3.63) is 58.4 Å². The van der Waals surface area contributed by atoms with Gasteiger partial charge in [0.25, 0.3) is 0 Å². The van der Waals surface area contributed by atoms with E-state index in [4.69, 9.17) is 0 Å². The molecule has 0 saturated heterocycles. The van der Waals surface area contributed by atoms with Gasteiger partial charge in [0.15, 0.2) is 0 Å². The zero-order valence-electron chi connectivity index (χ0n) is 14.4. The van der Waals surface area contributed by atoms with Gasteiger partial charge in [0.1, 0.15) is 0 Å². The van der Waals surface area contributed by atoms with Crippen molar-refractivity contribution in [1.29, 1.82) is 0 Å². The van der Waals surface area contributed by atoms with E-state index in [-0.39, 0.29) is 0 Å². The Hall–Kier alpha value is -1.28. The minimum absolute atomic E-state index is 0.344. The van der Waals surface area contributed by atoms with Crippen LogP contribution in [0.25, 0.3) is 0 Å². The van der Waals surface area contributed by atoms with Gasteiger partial charge < -0.3 is 5.32 Å². The molecule has 1 aliphatic heterocycles. The van der Waals surface area contributed by atoms with Gasteiger partial charge in [-0.05, 0) is 53.8 Å². The maximum absolute atomic E-state index is 3.68. The van der Waals surface area contributed by atoms with Crippen LogP contribution in [0.2, 0.25) is 19.6 Å². The Labute approximate surface area is 136 Å². The first kappa shape index (κ1) is 15.6. The van der Waals surface area contributed by atoms with E-state index in [2.05, 4.69) is 68.4 Å².